The second kappa shape index (κ2) is 11.2. The molecule has 0 spiro atoms. The van der Waals surface area contributed by atoms with E-state index in [1.165, 1.54) is 0 Å². The summed E-state index contributed by atoms with van der Waals surface area (Å²) >= 11 is 1.64. The van der Waals surface area contributed by atoms with Crippen LogP contribution in [-0.2, 0) is 4.74 Å². The van der Waals surface area contributed by atoms with Crippen LogP contribution >= 0.6 is 11.8 Å². The van der Waals surface area contributed by atoms with Crippen molar-refractivity contribution in [1.29, 1.82) is 0 Å². The van der Waals surface area contributed by atoms with Gasteiger partial charge in [-0.15, -0.1) is 10.2 Å². The van der Waals surface area contributed by atoms with Gasteiger partial charge in [0.1, 0.15) is 11.3 Å². The molecule has 0 atom stereocenters. The maximum absolute atomic E-state index is 5.27. The van der Waals surface area contributed by atoms with Crippen LogP contribution in [0.1, 0.15) is 6.42 Å². The number of benzene rings is 2. The van der Waals surface area contributed by atoms with Gasteiger partial charge in [0.15, 0.2) is 11.6 Å². The highest BCUT2D eigenvalue weighted by molar-refractivity contribution is 7.99. The van der Waals surface area contributed by atoms with E-state index in [1.807, 2.05) is 42.5 Å². The van der Waals surface area contributed by atoms with Crippen molar-refractivity contribution < 1.29 is 9.47 Å². The van der Waals surface area contributed by atoms with Crippen molar-refractivity contribution in [2.24, 2.45) is 0 Å². The SMILES string of the molecule is COCCCNc1nnc(Nc2ccc(Sc3ccnc4cc(OC)cnc34)cc2)c2ccccc12. The first-order valence-corrected chi connectivity index (χ1v) is 12.4. The van der Waals surface area contributed by atoms with Gasteiger partial charge in [-0.1, -0.05) is 36.0 Å². The van der Waals surface area contributed by atoms with Crippen LogP contribution in [0, 0.1) is 0 Å². The quantitative estimate of drug-likeness (QED) is 0.227. The Morgan fingerprint density at radius 3 is 2.44 bits per heavy atom. The zero-order valence-electron chi connectivity index (χ0n) is 20.1. The summed E-state index contributed by atoms with van der Waals surface area (Å²) in [6.07, 6.45) is 4.41. The van der Waals surface area contributed by atoms with E-state index in [0.717, 1.165) is 56.1 Å². The summed E-state index contributed by atoms with van der Waals surface area (Å²) in [4.78, 5) is 11.1. The standard InChI is InChI=1S/C27H26N6O2S/c1-34-15-5-13-29-26-21-6-3-4-7-22(21)27(33-32-26)31-18-8-10-20(11-9-18)36-24-12-14-28-23-16-19(35-2)17-30-25(23)24/h3-4,6-12,14,16-17H,5,13,15H2,1-2H3,(H,29,32)(H,31,33). The third kappa shape index (κ3) is 5.32. The molecule has 2 N–H and O–H groups in total. The van der Waals surface area contributed by atoms with Crippen molar-refractivity contribution in [3.63, 3.8) is 0 Å². The van der Waals surface area contributed by atoms with Crippen LogP contribution in [0.3, 0.4) is 0 Å². The van der Waals surface area contributed by atoms with Gasteiger partial charge in [-0.25, -0.2) is 4.98 Å². The third-order valence-corrected chi connectivity index (χ3v) is 6.66. The minimum atomic E-state index is 0.693. The molecule has 5 aromatic rings. The smallest absolute Gasteiger partial charge is 0.161 e. The van der Waals surface area contributed by atoms with Crippen molar-refractivity contribution in [3.8, 4) is 5.75 Å². The molecule has 0 radical (unpaired) electrons. The lowest BCUT2D eigenvalue weighted by Crippen LogP contribution is -2.08. The van der Waals surface area contributed by atoms with E-state index in [1.54, 1.807) is 38.4 Å². The van der Waals surface area contributed by atoms with Crippen molar-refractivity contribution in [1.82, 2.24) is 20.2 Å². The average Bonchev–Trinajstić information content (AvgIpc) is 2.93. The normalized spacial score (nSPS) is 11.1. The number of aromatic nitrogens is 4. The summed E-state index contributed by atoms with van der Waals surface area (Å²) in [5.74, 6) is 2.18. The van der Waals surface area contributed by atoms with Crippen molar-refractivity contribution in [3.05, 3.63) is 73.1 Å². The van der Waals surface area contributed by atoms with E-state index in [2.05, 4.69) is 49.0 Å². The van der Waals surface area contributed by atoms with Gasteiger partial charge < -0.3 is 20.1 Å². The van der Waals surface area contributed by atoms with Crippen LogP contribution in [0.15, 0.2) is 82.8 Å². The summed E-state index contributed by atoms with van der Waals surface area (Å²) in [7, 11) is 3.33. The highest BCUT2D eigenvalue weighted by atomic mass is 32.2. The zero-order chi connectivity index (χ0) is 24.7. The van der Waals surface area contributed by atoms with E-state index < -0.39 is 0 Å². The molecular weight excluding hydrogens is 472 g/mol. The lowest BCUT2D eigenvalue weighted by atomic mass is 10.1. The second-order valence-electron chi connectivity index (χ2n) is 8.02. The monoisotopic (exact) mass is 498 g/mol. The topological polar surface area (TPSA) is 94.1 Å². The number of anilines is 3. The number of hydrogen-bond donors (Lipinski definition) is 2. The van der Waals surface area contributed by atoms with Crippen LogP contribution in [0.2, 0.25) is 0 Å². The molecule has 9 heteroatoms. The average molecular weight is 499 g/mol. The highest BCUT2D eigenvalue weighted by Gasteiger charge is 2.10. The maximum Gasteiger partial charge on any atom is 0.161 e. The number of ether oxygens (including phenoxy) is 2. The number of rotatable bonds is 10. The van der Waals surface area contributed by atoms with Crippen LogP contribution in [-0.4, -0.2) is 47.5 Å². The van der Waals surface area contributed by atoms with Gasteiger partial charge in [0.05, 0.1) is 18.8 Å². The van der Waals surface area contributed by atoms with E-state index in [4.69, 9.17) is 9.47 Å². The van der Waals surface area contributed by atoms with Gasteiger partial charge in [-0.3, -0.25) is 4.98 Å². The summed E-state index contributed by atoms with van der Waals surface area (Å²) in [6, 6.07) is 20.2. The first kappa shape index (κ1) is 23.8. The lowest BCUT2D eigenvalue weighted by molar-refractivity contribution is 0.198. The van der Waals surface area contributed by atoms with Gasteiger partial charge in [-0.05, 0) is 36.8 Å². The Bertz CT molecular complexity index is 1480. The molecule has 0 amide bonds. The van der Waals surface area contributed by atoms with E-state index in [9.17, 15) is 0 Å². The molecule has 0 aliphatic heterocycles. The number of nitrogens with zero attached hydrogens (tertiary/aromatic N) is 4. The Morgan fingerprint density at radius 1 is 0.889 bits per heavy atom. The molecule has 0 saturated carbocycles. The molecule has 0 saturated heterocycles. The summed E-state index contributed by atoms with van der Waals surface area (Å²) < 4.78 is 10.4. The van der Waals surface area contributed by atoms with Crippen LogP contribution in [0.25, 0.3) is 21.8 Å². The third-order valence-electron chi connectivity index (χ3n) is 5.60. The number of nitrogens with one attached hydrogen (secondary N) is 2. The Balaban J connectivity index is 1.33. The Morgan fingerprint density at radius 2 is 1.67 bits per heavy atom. The lowest BCUT2D eigenvalue weighted by Gasteiger charge is -2.12. The molecule has 8 nitrogen and oxygen atoms in total. The molecule has 5 rings (SSSR count). The molecule has 0 bridgehead atoms. The molecule has 0 aliphatic carbocycles. The van der Waals surface area contributed by atoms with Gasteiger partial charge in [0, 0.05) is 58.8 Å². The molecule has 36 heavy (non-hydrogen) atoms. The zero-order valence-corrected chi connectivity index (χ0v) is 20.9. The summed E-state index contributed by atoms with van der Waals surface area (Å²) in [5, 5.41) is 17.7. The summed E-state index contributed by atoms with van der Waals surface area (Å²) in [6.45, 7) is 1.48. The predicted octanol–water partition coefficient (Wildman–Crippen LogP) is 5.92. The maximum atomic E-state index is 5.27. The van der Waals surface area contributed by atoms with E-state index >= 15 is 0 Å². The second-order valence-corrected chi connectivity index (χ2v) is 9.13. The van der Waals surface area contributed by atoms with Crippen molar-refractivity contribution in [2.45, 2.75) is 16.2 Å². The molecule has 0 fully saturated rings. The Kier molecular flexibility index (Phi) is 7.39. The number of methoxy groups -OCH3 is 2. The fourth-order valence-electron chi connectivity index (χ4n) is 3.80. The first-order valence-electron chi connectivity index (χ1n) is 11.6. The fraction of sp³-hybridized carbons (Fsp3) is 0.185. The molecular formula is C27H26N6O2S. The van der Waals surface area contributed by atoms with E-state index in [-0.39, 0.29) is 0 Å². The largest absolute Gasteiger partial charge is 0.495 e. The first-order chi connectivity index (χ1) is 17.7. The minimum Gasteiger partial charge on any atom is -0.495 e. The van der Waals surface area contributed by atoms with E-state index in [0.29, 0.717) is 18.2 Å². The highest BCUT2D eigenvalue weighted by Crippen LogP contribution is 2.34. The predicted molar refractivity (Wildman–Crippen MR) is 144 cm³/mol. The molecule has 3 heterocycles. The van der Waals surface area contributed by atoms with Crippen molar-refractivity contribution in [2.75, 3.05) is 38.0 Å². The van der Waals surface area contributed by atoms with Gasteiger partial charge in [-0.2, -0.15) is 0 Å². The van der Waals surface area contributed by atoms with Gasteiger partial charge in [0.25, 0.3) is 0 Å². The molecule has 2 aromatic carbocycles. The number of hydrogen-bond acceptors (Lipinski definition) is 9. The van der Waals surface area contributed by atoms with Gasteiger partial charge >= 0.3 is 0 Å². The van der Waals surface area contributed by atoms with Crippen LogP contribution in [0.4, 0.5) is 17.3 Å². The summed E-state index contributed by atoms with van der Waals surface area (Å²) in [5.41, 5.74) is 2.59. The Hall–Kier alpha value is -3.95. The number of pyridine rings is 2. The number of fused-ring (bicyclic) bond motifs is 2. The van der Waals surface area contributed by atoms with Crippen LogP contribution < -0.4 is 15.4 Å². The van der Waals surface area contributed by atoms with Crippen molar-refractivity contribution >= 4 is 50.9 Å². The Labute approximate surface area is 213 Å². The minimum absolute atomic E-state index is 0.693. The molecule has 182 valence electrons. The molecule has 0 unspecified atom stereocenters. The van der Waals surface area contributed by atoms with Crippen LogP contribution in [0.5, 0.6) is 5.75 Å². The fourth-order valence-corrected chi connectivity index (χ4v) is 4.71. The molecule has 3 aromatic heterocycles. The van der Waals surface area contributed by atoms with Gasteiger partial charge in [0.2, 0.25) is 0 Å². The molecule has 0 aliphatic rings.